The van der Waals surface area contributed by atoms with E-state index in [9.17, 15) is 4.79 Å². The maximum atomic E-state index is 12.4. The molecule has 3 N–H and O–H groups in total. The van der Waals surface area contributed by atoms with E-state index in [-0.39, 0.29) is 17.6 Å². The van der Waals surface area contributed by atoms with Gasteiger partial charge >= 0.3 is 6.09 Å². The van der Waals surface area contributed by atoms with Crippen molar-refractivity contribution in [2.24, 2.45) is 58.0 Å². The van der Waals surface area contributed by atoms with Gasteiger partial charge in [-0.3, -0.25) is 0 Å². The summed E-state index contributed by atoms with van der Waals surface area (Å²) in [5, 5.41) is 2.86. The summed E-state index contributed by atoms with van der Waals surface area (Å²) in [4.78, 5) is 12.4. The number of alkyl carbamates (subject to hydrolysis) is 1. The summed E-state index contributed by atoms with van der Waals surface area (Å²) in [5.41, 5.74) is 7.98. The average molecular weight is 529 g/mol. The lowest BCUT2D eigenvalue weighted by Gasteiger charge is -2.58. The molecule has 0 saturated heterocycles. The Bertz CT molecular complexity index is 859. The van der Waals surface area contributed by atoms with Crippen molar-refractivity contribution in [3.05, 3.63) is 11.6 Å². The number of rotatable bonds is 9. The lowest BCUT2D eigenvalue weighted by Crippen LogP contribution is -2.51. The van der Waals surface area contributed by atoms with E-state index in [1.54, 1.807) is 5.57 Å². The molecule has 0 aromatic rings. The third-order valence-electron chi connectivity index (χ3n) is 12.2. The number of amides is 1. The molecule has 0 spiro atoms. The van der Waals surface area contributed by atoms with Gasteiger partial charge in [-0.15, -0.1) is 0 Å². The molecule has 3 saturated carbocycles. The van der Waals surface area contributed by atoms with E-state index >= 15 is 0 Å². The Hall–Kier alpha value is -1.03. The van der Waals surface area contributed by atoms with E-state index in [0.29, 0.717) is 12.0 Å². The predicted octanol–water partition coefficient (Wildman–Crippen LogP) is 8.50. The van der Waals surface area contributed by atoms with E-state index < -0.39 is 5.54 Å². The minimum absolute atomic E-state index is 0.00452. The Kier molecular flexibility index (Phi) is 9.02. The average Bonchev–Trinajstić information content (AvgIpc) is 3.20. The molecule has 1 amide bonds. The molecule has 0 aromatic carbocycles. The Morgan fingerprint density at radius 2 is 1.84 bits per heavy atom. The van der Waals surface area contributed by atoms with Crippen LogP contribution in [0.2, 0.25) is 0 Å². The highest BCUT2D eigenvalue weighted by molar-refractivity contribution is 5.67. The van der Waals surface area contributed by atoms with Crippen LogP contribution >= 0.6 is 0 Å². The molecule has 4 aliphatic rings. The summed E-state index contributed by atoms with van der Waals surface area (Å²) in [7, 11) is 0. The molecule has 38 heavy (non-hydrogen) atoms. The molecule has 0 aliphatic heterocycles. The number of ether oxygens (including phenoxy) is 1. The van der Waals surface area contributed by atoms with Crippen LogP contribution in [0.4, 0.5) is 4.79 Å². The Morgan fingerprint density at radius 3 is 2.50 bits per heavy atom. The summed E-state index contributed by atoms with van der Waals surface area (Å²) in [6.45, 7) is 19.3. The number of carbonyl (C=O) groups is 1. The van der Waals surface area contributed by atoms with Gasteiger partial charge in [-0.2, -0.15) is 0 Å². The quantitative estimate of drug-likeness (QED) is 0.295. The first-order valence-electron chi connectivity index (χ1n) is 16.2. The Balaban J connectivity index is 1.39. The Morgan fingerprint density at radius 1 is 1.11 bits per heavy atom. The lowest BCUT2D eigenvalue weighted by atomic mass is 9.47. The van der Waals surface area contributed by atoms with Gasteiger partial charge in [0.05, 0.1) is 0 Å². The van der Waals surface area contributed by atoms with Crippen molar-refractivity contribution in [3.8, 4) is 0 Å². The number of nitrogens with two attached hydrogens (primary N) is 1. The van der Waals surface area contributed by atoms with Crippen LogP contribution in [-0.4, -0.2) is 24.3 Å². The standard InChI is InChI=1S/C34H60N2O2/c1-9-24(22(2)3)11-10-23(4)28-14-15-29-27-13-12-25-20-26(38-31(37)36-21-32(5,6)35)16-18-33(25,7)30(27)17-19-34(28,29)8/h12,22-24,26-30H,9-11,13-21,35H2,1-8H3,(H,36,37)/t23-,24?,26+,27+,28?,29+,30+,33+,34-/m1/s1. The minimum Gasteiger partial charge on any atom is -0.446 e. The van der Waals surface area contributed by atoms with Gasteiger partial charge in [0.1, 0.15) is 6.10 Å². The number of fused-ring (bicyclic) bond motifs is 5. The van der Waals surface area contributed by atoms with Crippen LogP contribution in [0.5, 0.6) is 0 Å². The molecule has 4 heteroatoms. The highest BCUT2D eigenvalue weighted by atomic mass is 16.6. The van der Waals surface area contributed by atoms with Crippen molar-refractivity contribution in [3.63, 3.8) is 0 Å². The zero-order chi connectivity index (χ0) is 27.9. The van der Waals surface area contributed by atoms with Crippen LogP contribution in [0.25, 0.3) is 0 Å². The summed E-state index contributed by atoms with van der Waals surface area (Å²) in [5.74, 6) is 5.97. The summed E-state index contributed by atoms with van der Waals surface area (Å²) in [6, 6.07) is 0. The van der Waals surface area contributed by atoms with Crippen LogP contribution in [0.1, 0.15) is 126 Å². The first-order chi connectivity index (χ1) is 17.8. The summed E-state index contributed by atoms with van der Waals surface area (Å²) in [6.07, 6.45) is 16.4. The van der Waals surface area contributed by atoms with Gasteiger partial charge < -0.3 is 15.8 Å². The zero-order valence-electron chi connectivity index (χ0n) is 26.1. The molecule has 3 fully saturated rings. The smallest absolute Gasteiger partial charge is 0.407 e. The fraction of sp³-hybridized carbons (Fsp3) is 0.912. The van der Waals surface area contributed by atoms with Gasteiger partial charge in [0.2, 0.25) is 0 Å². The fourth-order valence-electron chi connectivity index (χ4n) is 9.88. The maximum absolute atomic E-state index is 12.4. The SMILES string of the molecule is CCC(CC[C@@H](C)C1CC[C@H]2[C@@H]3CC=C4C[C@@H](OC(=O)NCC(C)(C)N)CC[C@]4(C)[C@H]3CC[C@]12C)C(C)C. The van der Waals surface area contributed by atoms with Gasteiger partial charge in [-0.25, -0.2) is 4.79 Å². The molecule has 218 valence electrons. The molecule has 4 aliphatic carbocycles. The van der Waals surface area contributed by atoms with E-state index in [1.807, 2.05) is 13.8 Å². The van der Waals surface area contributed by atoms with E-state index in [4.69, 9.17) is 10.5 Å². The second kappa shape index (κ2) is 11.5. The normalized spacial score (nSPS) is 38.5. The zero-order valence-corrected chi connectivity index (χ0v) is 26.1. The number of allylic oxidation sites excluding steroid dienone is 1. The molecule has 0 radical (unpaired) electrons. The van der Waals surface area contributed by atoms with E-state index in [0.717, 1.165) is 60.7 Å². The number of hydrogen-bond donors (Lipinski definition) is 2. The molecule has 4 nitrogen and oxygen atoms in total. The number of nitrogens with one attached hydrogen (secondary N) is 1. The van der Waals surface area contributed by atoms with Crippen molar-refractivity contribution in [1.82, 2.24) is 5.32 Å². The summed E-state index contributed by atoms with van der Waals surface area (Å²) < 4.78 is 5.86. The molecular weight excluding hydrogens is 468 g/mol. The van der Waals surface area contributed by atoms with Gasteiger partial charge in [0.15, 0.2) is 0 Å². The van der Waals surface area contributed by atoms with Crippen LogP contribution in [0.15, 0.2) is 11.6 Å². The largest absolute Gasteiger partial charge is 0.446 e. The van der Waals surface area contributed by atoms with Crippen LogP contribution in [0.3, 0.4) is 0 Å². The van der Waals surface area contributed by atoms with Crippen LogP contribution < -0.4 is 11.1 Å². The maximum Gasteiger partial charge on any atom is 0.407 e. The monoisotopic (exact) mass is 528 g/mol. The van der Waals surface area contributed by atoms with Crippen LogP contribution in [-0.2, 0) is 4.74 Å². The number of carbonyl (C=O) groups excluding carboxylic acids is 1. The fourth-order valence-corrected chi connectivity index (χ4v) is 9.88. The van der Waals surface area contributed by atoms with Crippen molar-refractivity contribution in [2.45, 2.75) is 138 Å². The topological polar surface area (TPSA) is 64.3 Å². The Labute approximate surface area is 234 Å². The van der Waals surface area contributed by atoms with Gasteiger partial charge in [-0.1, -0.05) is 66.0 Å². The van der Waals surface area contributed by atoms with E-state index in [2.05, 4.69) is 52.9 Å². The third kappa shape index (κ3) is 6.01. The minimum atomic E-state index is -0.427. The molecule has 9 atom stereocenters. The van der Waals surface area contributed by atoms with Crippen molar-refractivity contribution >= 4 is 6.09 Å². The van der Waals surface area contributed by atoms with Crippen LogP contribution in [0, 0.1) is 52.3 Å². The number of hydrogen-bond acceptors (Lipinski definition) is 3. The highest BCUT2D eigenvalue weighted by Crippen LogP contribution is 2.67. The molecule has 2 unspecified atom stereocenters. The molecule has 4 rings (SSSR count). The van der Waals surface area contributed by atoms with E-state index in [1.165, 1.54) is 51.4 Å². The van der Waals surface area contributed by atoms with Crippen molar-refractivity contribution in [2.75, 3.05) is 6.54 Å². The second-order valence-electron chi connectivity index (χ2n) is 15.6. The van der Waals surface area contributed by atoms with Gasteiger partial charge in [-0.05, 0) is 117 Å². The van der Waals surface area contributed by atoms with Gasteiger partial charge in [0.25, 0.3) is 0 Å². The van der Waals surface area contributed by atoms with Crippen molar-refractivity contribution in [1.29, 1.82) is 0 Å². The molecular formula is C34H60N2O2. The highest BCUT2D eigenvalue weighted by Gasteiger charge is 2.59. The first-order valence-corrected chi connectivity index (χ1v) is 16.2. The predicted molar refractivity (Wildman–Crippen MR) is 159 cm³/mol. The second-order valence-corrected chi connectivity index (χ2v) is 15.6. The molecule has 0 bridgehead atoms. The van der Waals surface area contributed by atoms with Gasteiger partial charge in [0, 0.05) is 18.5 Å². The van der Waals surface area contributed by atoms with Crippen molar-refractivity contribution < 1.29 is 9.53 Å². The lowest BCUT2D eigenvalue weighted by molar-refractivity contribution is -0.0583. The summed E-state index contributed by atoms with van der Waals surface area (Å²) >= 11 is 0. The third-order valence-corrected chi connectivity index (χ3v) is 12.2. The molecule has 0 aromatic heterocycles. The molecule has 0 heterocycles. The first kappa shape index (κ1) is 29.9.